The molecule has 1 aromatic carbocycles. The molecule has 0 unspecified atom stereocenters. The van der Waals surface area contributed by atoms with Crippen LogP contribution in [0.5, 0.6) is 5.75 Å². The molecule has 0 aliphatic carbocycles. The fourth-order valence-electron chi connectivity index (χ4n) is 2.12. The van der Waals surface area contributed by atoms with Crippen LogP contribution in [0.2, 0.25) is 0 Å². The minimum Gasteiger partial charge on any atom is -0.494 e. The van der Waals surface area contributed by atoms with E-state index in [0.29, 0.717) is 31.4 Å². The van der Waals surface area contributed by atoms with Crippen LogP contribution in [0.25, 0.3) is 0 Å². The van der Waals surface area contributed by atoms with Gasteiger partial charge in [-0.15, -0.1) is 24.0 Å². The first-order chi connectivity index (χ1) is 11.6. The summed E-state index contributed by atoms with van der Waals surface area (Å²) in [4.78, 5) is 15.2. The number of nitrogens with zero attached hydrogens (tertiary/aromatic N) is 1. The number of primary amides is 1. The third-order valence-electron chi connectivity index (χ3n) is 3.28. The van der Waals surface area contributed by atoms with Crippen molar-refractivity contribution in [3.63, 3.8) is 0 Å². The third kappa shape index (κ3) is 6.29. The minimum absolute atomic E-state index is 0. The molecular formula is C17H23IN4O3. The van der Waals surface area contributed by atoms with Gasteiger partial charge in [-0.2, -0.15) is 0 Å². The van der Waals surface area contributed by atoms with E-state index in [1.807, 2.05) is 31.2 Å². The summed E-state index contributed by atoms with van der Waals surface area (Å²) in [6.45, 7) is 3.53. The molecule has 0 radical (unpaired) electrons. The molecule has 0 spiro atoms. The van der Waals surface area contributed by atoms with E-state index in [2.05, 4.69) is 15.6 Å². The van der Waals surface area contributed by atoms with E-state index in [0.717, 1.165) is 11.3 Å². The quantitative estimate of drug-likeness (QED) is 0.336. The van der Waals surface area contributed by atoms with E-state index in [1.54, 1.807) is 19.2 Å². The maximum Gasteiger partial charge on any atom is 0.284 e. The van der Waals surface area contributed by atoms with Crippen molar-refractivity contribution in [2.75, 3.05) is 13.7 Å². The molecule has 0 aliphatic heterocycles. The molecule has 1 amide bonds. The number of benzene rings is 1. The minimum atomic E-state index is -0.587. The van der Waals surface area contributed by atoms with Crippen molar-refractivity contribution >= 4 is 35.8 Å². The summed E-state index contributed by atoms with van der Waals surface area (Å²) in [5.41, 5.74) is 6.20. The Bertz CT molecular complexity index is 715. The summed E-state index contributed by atoms with van der Waals surface area (Å²) in [6, 6.07) is 11.1. The van der Waals surface area contributed by atoms with E-state index in [4.69, 9.17) is 14.9 Å². The van der Waals surface area contributed by atoms with E-state index < -0.39 is 5.91 Å². The number of carbonyl (C=O) groups excluding carboxylic acids is 1. The van der Waals surface area contributed by atoms with Crippen LogP contribution in [0.3, 0.4) is 0 Å². The summed E-state index contributed by atoms with van der Waals surface area (Å²) in [5, 5.41) is 6.32. The number of furan rings is 1. The highest BCUT2D eigenvalue weighted by Gasteiger charge is 2.08. The summed E-state index contributed by atoms with van der Waals surface area (Å²) >= 11 is 0. The number of guanidine groups is 1. The van der Waals surface area contributed by atoms with Gasteiger partial charge in [0.1, 0.15) is 11.5 Å². The number of rotatable bonds is 7. The number of hydrogen-bond acceptors (Lipinski definition) is 4. The molecule has 2 aromatic rings. The molecule has 0 saturated carbocycles. The van der Waals surface area contributed by atoms with Crippen LogP contribution in [0.15, 0.2) is 45.8 Å². The average molecular weight is 458 g/mol. The van der Waals surface area contributed by atoms with Gasteiger partial charge in [-0.3, -0.25) is 9.79 Å². The van der Waals surface area contributed by atoms with Gasteiger partial charge >= 0.3 is 0 Å². The van der Waals surface area contributed by atoms with Crippen LogP contribution in [0.4, 0.5) is 0 Å². The van der Waals surface area contributed by atoms with E-state index in [9.17, 15) is 4.79 Å². The molecule has 0 fully saturated rings. The topological polar surface area (TPSA) is 102 Å². The molecule has 25 heavy (non-hydrogen) atoms. The maximum atomic E-state index is 11.0. The molecule has 0 atom stereocenters. The number of halogens is 1. The second-order valence-electron chi connectivity index (χ2n) is 4.95. The zero-order valence-electron chi connectivity index (χ0n) is 14.2. The summed E-state index contributed by atoms with van der Waals surface area (Å²) in [5.74, 6) is 1.61. The van der Waals surface area contributed by atoms with Crippen molar-refractivity contribution in [1.82, 2.24) is 10.6 Å². The largest absolute Gasteiger partial charge is 0.494 e. The number of carbonyl (C=O) groups is 1. The number of hydrogen-bond donors (Lipinski definition) is 3. The summed E-state index contributed by atoms with van der Waals surface area (Å²) < 4.78 is 10.9. The van der Waals surface area contributed by atoms with Crippen molar-refractivity contribution in [2.24, 2.45) is 10.7 Å². The monoisotopic (exact) mass is 458 g/mol. The lowest BCUT2D eigenvalue weighted by Gasteiger charge is -2.13. The fraction of sp³-hybridized carbons (Fsp3) is 0.294. The first-order valence-electron chi connectivity index (χ1n) is 7.67. The average Bonchev–Trinajstić information content (AvgIpc) is 3.06. The van der Waals surface area contributed by atoms with Gasteiger partial charge in [-0.05, 0) is 25.1 Å². The van der Waals surface area contributed by atoms with Crippen LogP contribution >= 0.6 is 24.0 Å². The van der Waals surface area contributed by atoms with E-state index in [-0.39, 0.29) is 29.7 Å². The van der Waals surface area contributed by atoms with Gasteiger partial charge < -0.3 is 25.5 Å². The molecule has 0 bridgehead atoms. The highest BCUT2D eigenvalue weighted by atomic mass is 127. The van der Waals surface area contributed by atoms with Crippen molar-refractivity contribution in [2.45, 2.75) is 20.0 Å². The third-order valence-corrected chi connectivity index (χ3v) is 3.28. The molecule has 1 heterocycles. The van der Waals surface area contributed by atoms with Crippen LogP contribution in [-0.4, -0.2) is 25.5 Å². The predicted octanol–water partition coefficient (Wildman–Crippen LogP) is 2.26. The molecular weight excluding hydrogens is 435 g/mol. The zero-order valence-corrected chi connectivity index (χ0v) is 16.6. The van der Waals surface area contributed by atoms with Crippen LogP contribution in [0, 0.1) is 0 Å². The Hall–Kier alpha value is -2.23. The van der Waals surface area contributed by atoms with Gasteiger partial charge in [-0.1, -0.05) is 18.2 Å². The van der Waals surface area contributed by atoms with Crippen molar-refractivity contribution in [3.05, 3.63) is 53.5 Å². The normalized spacial score (nSPS) is 10.7. The van der Waals surface area contributed by atoms with Gasteiger partial charge in [0.05, 0.1) is 13.2 Å². The van der Waals surface area contributed by atoms with Gasteiger partial charge in [0, 0.05) is 19.2 Å². The van der Waals surface area contributed by atoms with Gasteiger partial charge in [0.15, 0.2) is 11.7 Å². The number of amides is 1. The molecule has 136 valence electrons. The lowest BCUT2D eigenvalue weighted by Crippen LogP contribution is -2.36. The maximum absolute atomic E-state index is 11.0. The van der Waals surface area contributed by atoms with Crippen LogP contribution in [-0.2, 0) is 13.1 Å². The lowest BCUT2D eigenvalue weighted by molar-refractivity contribution is 0.0972. The molecule has 1 aromatic heterocycles. The number of nitrogens with one attached hydrogen (secondary N) is 2. The Kier molecular flexibility index (Phi) is 8.82. The first kappa shape index (κ1) is 20.8. The molecule has 2 rings (SSSR count). The SMILES string of the molecule is CCOc1ccccc1CNC(=NC)NCc1ccc(C(N)=O)o1.I. The van der Waals surface area contributed by atoms with Gasteiger partial charge in [-0.25, -0.2) is 0 Å². The number of ether oxygens (including phenoxy) is 1. The zero-order chi connectivity index (χ0) is 17.4. The Morgan fingerprint density at radius 1 is 1.20 bits per heavy atom. The first-order valence-corrected chi connectivity index (χ1v) is 7.67. The summed E-state index contributed by atoms with van der Waals surface area (Å²) in [7, 11) is 1.68. The Morgan fingerprint density at radius 3 is 2.56 bits per heavy atom. The summed E-state index contributed by atoms with van der Waals surface area (Å²) in [6.07, 6.45) is 0. The highest BCUT2D eigenvalue weighted by molar-refractivity contribution is 14.0. The molecule has 7 nitrogen and oxygen atoms in total. The van der Waals surface area contributed by atoms with Gasteiger partial charge in [0.2, 0.25) is 0 Å². The van der Waals surface area contributed by atoms with Crippen molar-refractivity contribution in [3.8, 4) is 5.75 Å². The van der Waals surface area contributed by atoms with E-state index in [1.165, 1.54) is 0 Å². The molecule has 0 aliphatic rings. The van der Waals surface area contributed by atoms with Crippen molar-refractivity contribution < 1.29 is 13.9 Å². The van der Waals surface area contributed by atoms with Crippen LogP contribution < -0.4 is 21.1 Å². The smallest absolute Gasteiger partial charge is 0.284 e. The second-order valence-corrected chi connectivity index (χ2v) is 4.95. The Labute approximate surface area is 164 Å². The molecule has 0 saturated heterocycles. The highest BCUT2D eigenvalue weighted by Crippen LogP contribution is 2.17. The molecule has 8 heteroatoms. The lowest BCUT2D eigenvalue weighted by atomic mass is 10.2. The predicted molar refractivity (Wildman–Crippen MR) is 107 cm³/mol. The number of aliphatic imine (C=N–C) groups is 1. The molecule has 4 N–H and O–H groups in total. The standard InChI is InChI=1S/C17H22N4O3.HI/c1-3-23-14-7-5-4-6-12(14)10-20-17(19-2)21-11-13-8-9-15(24-13)16(18)22;/h4-9H,3,10-11H2,1-2H3,(H2,18,22)(H2,19,20,21);1H. The van der Waals surface area contributed by atoms with Crippen molar-refractivity contribution in [1.29, 1.82) is 0 Å². The van der Waals surface area contributed by atoms with Crippen LogP contribution in [0.1, 0.15) is 28.8 Å². The number of para-hydroxylation sites is 1. The fourth-order valence-corrected chi connectivity index (χ4v) is 2.12. The van der Waals surface area contributed by atoms with E-state index >= 15 is 0 Å². The van der Waals surface area contributed by atoms with Gasteiger partial charge in [0.25, 0.3) is 5.91 Å². The Balaban J connectivity index is 0.00000312. The number of nitrogens with two attached hydrogens (primary N) is 1. The second kappa shape index (κ2) is 10.6. The Morgan fingerprint density at radius 2 is 1.92 bits per heavy atom.